The highest BCUT2D eigenvalue weighted by Crippen LogP contribution is 2.31. The summed E-state index contributed by atoms with van der Waals surface area (Å²) in [5, 5.41) is 0. The van der Waals surface area contributed by atoms with E-state index in [1.165, 1.54) is 63.4 Å². The second-order valence-corrected chi connectivity index (χ2v) is 13.8. The third kappa shape index (κ3) is 14.6. The fourth-order valence-electron chi connectivity index (χ4n) is 6.07. The Bertz CT molecular complexity index is 1150. The first-order valence-corrected chi connectivity index (χ1v) is 18.8. The minimum Gasteiger partial charge on any atom is -0.494 e. The Hall–Kier alpha value is -2.41. The van der Waals surface area contributed by atoms with Crippen molar-refractivity contribution >= 4 is 27.9 Å². The predicted octanol–water partition coefficient (Wildman–Crippen LogP) is 11.5. The molecule has 0 spiro atoms. The molecule has 0 bridgehead atoms. The summed E-state index contributed by atoms with van der Waals surface area (Å²) in [6.45, 7) is 4.92. The van der Waals surface area contributed by atoms with Gasteiger partial charge in [-0.25, -0.2) is 14.0 Å². The van der Waals surface area contributed by atoms with Crippen LogP contribution >= 0.6 is 15.9 Å². The van der Waals surface area contributed by atoms with E-state index < -0.39 is 18.1 Å². The highest BCUT2D eigenvalue weighted by molar-refractivity contribution is 9.10. The van der Waals surface area contributed by atoms with E-state index in [1.807, 2.05) is 43.3 Å². The first-order chi connectivity index (χ1) is 22.4. The van der Waals surface area contributed by atoms with Crippen LogP contribution in [-0.2, 0) is 16.0 Å². The second kappa shape index (κ2) is 22.2. The molecule has 0 radical (unpaired) electrons. The molecule has 256 valence electrons. The number of rotatable bonds is 22. The van der Waals surface area contributed by atoms with Gasteiger partial charge in [-0.15, -0.1) is 0 Å². The minimum atomic E-state index is -1.49. The molecule has 2 aromatic carbocycles. The topological polar surface area (TPSA) is 61.8 Å². The molecule has 0 aliphatic heterocycles. The molecule has 0 heterocycles. The number of carbonyl (C=O) groups is 2. The van der Waals surface area contributed by atoms with E-state index in [4.69, 9.17) is 14.2 Å². The number of hydrogen-bond donors (Lipinski definition) is 0. The molecule has 0 amide bonds. The second-order valence-electron chi connectivity index (χ2n) is 12.9. The van der Waals surface area contributed by atoms with Crippen molar-refractivity contribution in [2.24, 2.45) is 5.92 Å². The Balaban J connectivity index is 1.30. The van der Waals surface area contributed by atoms with Gasteiger partial charge in [-0.05, 0) is 109 Å². The fraction of sp³-hybridized carbons (Fsp3) is 0.641. The molecule has 46 heavy (non-hydrogen) atoms. The maximum absolute atomic E-state index is 13.9. The lowest BCUT2D eigenvalue weighted by Crippen LogP contribution is -2.29. The number of halogens is 2. The summed E-state index contributed by atoms with van der Waals surface area (Å²) >= 11 is 3.51. The molecular weight excluding hydrogens is 647 g/mol. The molecular formula is C39H56BrFO5. The largest absolute Gasteiger partial charge is 0.494 e. The molecule has 0 N–H and O–H groups in total. The number of ether oxygens (including phenoxy) is 3. The summed E-state index contributed by atoms with van der Waals surface area (Å²) in [6.07, 6.45) is 18.6. The van der Waals surface area contributed by atoms with E-state index in [-0.39, 0.29) is 12.5 Å². The van der Waals surface area contributed by atoms with Crippen molar-refractivity contribution in [3.05, 3.63) is 58.1 Å². The van der Waals surface area contributed by atoms with Crippen molar-refractivity contribution in [2.45, 2.75) is 148 Å². The first-order valence-electron chi connectivity index (χ1n) is 18.0. The molecule has 0 unspecified atom stereocenters. The van der Waals surface area contributed by atoms with Gasteiger partial charge < -0.3 is 14.2 Å². The molecule has 0 aromatic heterocycles. The van der Waals surface area contributed by atoms with Crippen LogP contribution in [0.3, 0.4) is 0 Å². The molecule has 1 aliphatic rings. The van der Waals surface area contributed by atoms with Crippen LogP contribution in [0.2, 0.25) is 0 Å². The quantitative estimate of drug-likeness (QED) is 0.0694. The van der Waals surface area contributed by atoms with E-state index in [0.717, 1.165) is 57.1 Å². The van der Waals surface area contributed by atoms with Gasteiger partial charge in [-0.3, -0.25) is 0 Å². The summed E-state index contributed by atoms with van der Waals surface area (Å²) < 4.78 is 31.6. The van der Waals surface area contributed by atoms with Crippen molar-refractivity contribution < 1.29 is 28.2 Å². The van der Waals surface area contributed by atoms with Crippen LogP contribution in [0.25, 0.3) is 0 Å². The van der Waals surface area contributed by atoms with Gasteiger partial charge in [0.15, 0.2) is 6.17 Å². The highest BCUT2D eigenvalue weighted by Gasteiger charge is 2.27. The third-order valence-electron chi connectivity index (χ3n) is 9.05. The summed E-state index contributed by atoms with van der Waals surface area (Å²) in [5.41, 5.74) is 1.65. The summed E-state index contributed by atoms with van der Waals surface area (Å²) in [5.74, 6) is 0.713. The minimum absolute atomic E-state index is 0.157. The summed E-state index contributed by atoms with van der Waals surface area (Å²) in [4.78, 5) is 24.8. The Morgan fingerprint density at radius 1 is 0.804 bits per heavy atom. The lowest BCUT2D eigenvalue weighted by molar-refractivity contribution is -0.157. The van der Waals surface area contributed by atoms with Crippen LogP contribution in [0.4, 0.5) is 4.39 Å². The van der Waals surface area contributed by atoms with E-state index >= 15 is 0 Å². The monoisotopic (exact) mass is 702 g/mol. The maximum atomic E-state index is 13.9. The average molecular weight is 704 g/mol. The number of alkyl halides is 1. The first kappa shape index (κ1) is 38.0. The van der Waals surface area contributed by atoms with Crippen LogP contribution in [0, 0.1) is 5.92 Å². The van der Waals surface area contributed by atoms with Gasteiger partial charge in [0.25, 0.3) is 0 Å². The number of aryl methyl sites for hydroxylation is 1. The molecule has 1 saturated carbocycles. The van der Waals surface area contributed by atoms with Gasteiger partial charge >= 0.3 is 11.9 Å². The van der Waals surface area contributed by atoms with Crippen molar-refractivity contribution in [1.29, 1.82) is 0 Å². The van der Waals surface area contributed by atoms with Gasteiger partial charge in [0.05, 0.1) is 12.2 Å². The highest BCUT2D eigenvalue weighted by atomic mass is 79.9. The van der Waals surface area contributed by atoms with Crippen molar-refractivity contribution in [1.82, 2.24) is 0 Å². The molecule has 7 heteroatoms. The Kier molecular flexibility index (Phi) is 18.4. The van der Waals surface area contributed by atoms with Crippen LogP contribution in [0.1, 0.15) is 145 Å². The Morgan fingerprint density at radius 2 is 1.41 bits per heavy atom. The summed E-state index contributed by atoms with van der Waals surface area (Å²) in [6, 6.07) is 13.1. The van der Waals surface area contributed by atoms with Gasteiger partial charge in [0, 0.05) is 4.47 Å². The smallest absolute Gasteiger partial charge is 0.344 e. The number of carbonyl (C=O) groups excluding carboxylic acids is 2. The van der Waals surface area contributed by atoms with Crippen molar-refractivity contribution in [2.75, 3.05) is 6.61 Å². The van der Waals surface area contributed by atoms with Gasteiger partial charge in [0.2, 0.25) is 0 Å². The van der Waals surface area contributed by atoms with Crippen LogP contribution in [0.15, 0.2) is 46.9 Å². The zero-order chi connectivity index (χ0) is 33.0. The van der Waals surface area contributed by atoms with E-state index in [9.17, 15) is 14.0 Å². The average Bonchev–Trinajstić information content (AvgIpc) is 3.06. The van der Waals surface area contributed by atoms with Crippen LogP contribution < -0.4 is 9.47 Å². The zero-order valence-corrected chi connectivity index (χ0v) is 29.8. The third-order valence-corrected chi connectivity index (χ3v) is 9.70. The molecule has 5 nitrogen and oxygen atoms in total. The van der Waals surface area contributed by atoms with Gasteiger partial charge in [-0.2, -0.15) is 0 Å². The normalized spacial score (nSPS) is 17.0. The lowest BCUT2D eigenvalue weighted by atomic mass is 9.83. The molecule has 3 rings (SSSR count). The number of esters is 2. The fourth-order valence-corrected chi connectivity index (χ4v) is 6.58. The van der Waals surface area contributed by atoms with Crippen LogP contribution in [-0.4, -0.2) is 30.8 Å². The van der Waals surface area contributed by atoms with E-state index in [1.54, 1.807) is 6.07 Å². The molecule has 2 aromatic rings. The molecule has 1 atom stereocenters. The maximum Gasteiger partial charge on any atom is 0.344 e. The number of benzene rings is 2. The van der Waals surface area contributed by atoms with Crippen molar-refractivity contribution in [3.8, 4) is 11.5 Å². The predicted molar refractivity (Wildman–Crippen MR) is 187 cm³/mol. The Morgan fingerprint density at radius 3 is 2.04 bits per heavy atom. The zero-order valence-electron chi connectivity index (χ0n) is 28.2. The van der Waals surface area contributed by atoms with E-state index in [2.05, 4.69) is 22.9 Å². The van der Waals surface area contributed by atoms with Gasteiger partial charge in [-0.1, -0.05) is 96.6 Å². The molecule has 1 fully saturated rings. The molecule has 0 saturated heterocycles. The standard InChI is InChI=1S/C39H56BrFO5/c1-3-5-7-8-9-10-11-12-13-14-28-44-34-26-27-35(36(40)29-34)38(42)45-32-22-18-30(19-23-32)16-17-31-20-24-33(25-21-31)46-39(43)37(41)15-6-4-2/h18-19,22-23,26-27,29,31,33,37H,3-17,20-21,24-25,28H2,1-2H3/t31-,33-,37-/m1/s1. The Labute approximate surface area is 285 Å². The molecule has 1 aliphatic carbocycles. The van der Waals surface area contributed by atoms with Gasteiger partial charge in [0.1, 0.15) is 17.6 Å². The SMILES string of the molecule is CCCCCCCCCCCCOc1ccc(C(=O)Oc2ccc(CC[C@H]3CC[C@H](OC(=O)[C@H](F)CCCC)CC3)cc2)c(Br)c1. The summed E-state index contributed by atoms with van der Waals surface area (Å²) in [7, 11) is 0. The van der Waals surface area contributed by atoms with Crippen LogP contribution in [0.5, 0.6) is 11.5 Å². The lowest BCUT2D eigenvalue weighted by Gasteiger charge is -2.28. The van der Waals surface area contributed by atoms with Crippen molar-refractivity contribution in [3.63, 3.8) is 0 Å². The van der Waals surface area contributed by atoms with E-state index in [0.29, 0.717) is 34.7 Å². The number of hydrogen-bond acceptors (Lipinski definition) is 5. The number of unbranched alkanes of at least 4 members (excludes halogenated alkanes) is 10.